The topological polar surface area (TPSA) is 52.2 Å². The molecule has 1 amide bonds. The van der Waals surface area contributed by atoms with Gasteiger partial charge < -0.3 is 9.88 Å². The lowest BCUT2D eigenvalue weighted by Crippen LogP contribution is -2.47. The molecule has 0 radical (unpaired) electrons. The first-order valence-corrected chi connectivity index (χ1v) is 8.77. The Morgan fingerprint density at radius 3 is 3.09 bits per heavy atom. The molecule has 2 bridgehead atoms. The first kappa shape index (κ1) is 14.0. The van der Waals surface area contributed by atoms with Crippen molar-refractivity contribution in [2.45, 2.75) is 25.4 Å². The van der Waals surface area contributed by atoms with Gasteiger partial charge in [0.1, 0.15) is 5.69 Å². The fraction of sp³-hybridized carbons (Fsp3) is 0.500. The molecule has 116 valence electrons. The Morgan fingerprint density at radius 1 is 1.36 bits per heavy atom. The SMILES string of the molecule is O=C(c1ccc[nH]1)N1C[C@H]2CC[C@@H]1CN(Cc1cscn1)C2. The van der Waals surface area contributed by atoms with E-state index in [2.05, 4.69) is 25.1 Å². The minimum absolute atomic E-state index is 0.148. The fourth-order valence-corrected chi connectivity index (χ4v) is 4.27. The van der Waals surface area contributed by atoms with E-state index in [0.717, 1.165) is 38.3 Å². The number of aromatic amines is 1. The van der Waals surface area contributed by atoms with Gasteiger partial charge in [0.25, 0.3) is 5.91 Å². The van der Waals surface area contributed by atoms with Gasteiger partial charge in [0.15, 0.2) is 0 Å². The highest BCUT2D eigenvalue weighted by atomic mass is 32.1. The molecule has 0 aromatic carbocycles. The Bertz CT molecular complexity index is 625. The predicted molar refractivity (Wildman–Crippen MR) is 85.7 cm³/mol. The Kier molecular flexibility index (Phi) is 3.72. The van der Waals surface area contributed by atoms with Crippen molar-refractivity contribution >= 4 is 17.2 Å². The number of hydrogen-bond donors (Lipinski definition) is 1. The number of thiazole rings is 1. The molecule has 2 aromatic heterocycles. The molecule has 5 nitrogen and oxygen atoms in total. The number of fused-ring (bicyclic) bond motifs is 4. The molecule has 6 heteroatoms. The zero-order chi connectivity index (χ0) is 14.9. The average molecular weight is 316 g/mol. The molecule has 0 spiro atoms. The molecule has 2 aromatic rings. The fourth-order valence-electron chi connectivity index (χ4n) is 3.72. The van der Waals surface area contributed by atoms with Crippen LogP contribution in [0, 0.1) is 5.92 Å². The molecule has 1 N–H and O–H groups in total. The van der Waals surface area contributed by atoms with Crippen molar-refractivity contribution in [3.8, 4) is 0 Å². The normalized spacial score (nSPS) is 25.4. The maximum absolute atomic E-state index is 12.7. The van der Waals surface area contributed by atoms with Crippen LogP contribution in [0.3, 0.4) is 0 Å². The molecule has 2 atom stereocenters. The minimum atomic E-state index is 0.148. The van der Waals surface area contributed by atoms with Crippen LogP contribution in [0.1, 0.15) is 29.0 Å². The third kappa shape index (κ3) is 2.68. The summed E-state index contributed by atoms with van der Waals surface area (Å²) in [4.78, 5) is 24.7. The molecule has 0 saturated carbocycles. The van der Waals surface area contributed by atoms with Crippen LogP contribution in [0.2, 0.25) is 0 Å². The van der Waals surface area contributed by atoms with Gasteiger partial charge in [-0.05, 0) is 30.9 Å². The van der Waals surface area contributed by atoms with Gasteiger partial charge in [-0.25, -0.2) is 4.98 Å². The van der Waals surface area contributed by atoms with Gasteiger partial charge in [-0.1, -0.05) is 0 Å². The van der Waals surface area contributed by atoms with Gasteiger partial charge in [-0.15, -0.1) is 11.3 Å². The number of aromatic nitrogens is 2. The summed E-state index contributed by atoms with van der Waals surface area (Å²) >= 11 is 1.65. The number of nitrogens with zero attached hydrogens (tertiary/aromatic N) is 3. The molecule has 22 heavy (non-hydrogen) atoms. The van der Waals surface area contributed by atoms with Crippen LogP contribution in [0.5, 0.6) is 0 Å². The second-order valence-electron chi connectivity index (χ2n) is 6.31. The van der Waals surface area contributed by atoms with Gasteiger partial charge >= 0.3 is 0 Å². The molecule has 5 rings (SSSR count). The largest absolute Gasteiger partial charge is 0.357 e. The van der Waals surface area contributed by atoms with Gasteiger partial charge in [0.05, 0.1) is 11.2 Å². The van der Waals surface area contributed by atoms with Crippen molar-refractivity contribution < 1.29 is 4.79 Å². The molecule has 3 saturated heterocycles. The summed E-state index contributed by atoms with van der Waals surface area (Å²) in [5, 5.41) is 2.12. The molecule has 0 aliphatic carbocycles. The van der Waals surface area contributed by atoms with E-state index in [1.807, 2.05) is 23.8 Å². The third-order valence-corrected chi connectivity index (χ3v) is 5.38. The van der Waals surface area contributed by atoms with Gasteiger partial charge in [0.2, 0.25) is 0 Å². The Labute approximate surface area is 134 Å². The second-order valence-corrected chi connectivity index (χ2v) is 7.03. The summed E-state index contributed by atoms with van der Waals surface area (Å²) in [6, 6.07) is 4.08. The zero-order valence-electron chi connectivity index (χ0n) is 12.4. The Morgan fingerprint density at radius 2 is 2.32 bits per heavy atom. The summed E-state index contributed by atoms with van der Waals surface area (Å²) in [6.45, 7) is 3.82. The number of amides is 1. The first-order valence-electron chi connectivity index (χ1n) is 7.83. The van der Waals surface area contributed by atoms with E-state index in [-0.39, 0.29) is 5.91 Å². The lowest BCUT2D eigenvalue weighted by atomic mass is 9.95. The first-order chi connectivity index (χ1) is 10.8. The lowest BCUT2D eigenvalue weighted by molar-refractivity contribution is 0.0579. The number of piperidine rings is 1. The van der Waals surface area contributed by atoms with Gasteiger partial charge in [-0.3, -0.25) is 9.69 Å². The zero-order valence-corrected chi connectivity index (χ0v) is 13.3. The van der Waals surface area contributed by atoms with Crippen LogP contribution in [0.15, 0.2) is 29.2 Å². The van der Waals surface area contributed by atoms with E-state index in [0.29, 0.717) is 17.7 Å². The summed E-state index contributed by atoms with van der Waals surface area (Å²) < 4.78 is 0. The maximum atomic E-state index is 12.7. The molecular weight excluding hydrogens is 296 g/mol. The smallest absolute Gasteiger partial charge is 0.270 e. The van der Waals surface area contributed by atoms with E-state index in [1.54, 1.807) is 11.3 Å². The number of nitrogens with one attached hydrogen (secondary N) is 1. The van der Waals surface area contributed by atoms with Crippen molar-refractivity contribution in [2.24, 2.45) is 5.92 Å². The average Bonchev–Trinajstić information content (AvgIpc) is 3.16. The standard InChI is InChI=1S/C16H20N4OS/c21-16(15-2-1-5-17-15)20-7-12-3-4-14(20)9-19(6-12)8-13-10-22-11-18-13/h1-2,5,10-12,14,17H,3-4,6-9H2/t12-,14+/m0/s1. The molecule has 0 unspecified atom stereocenters. The number of rotatable bonds is 3. The van der Waals surface area contributed by atoms with Crippen LogP contribution < -0.4 is 0 Å². The highest BCUT2D eigenvalue weighted by Gasteiger charge is 2.37. The number of carbonyl (C=O) groups is 1. The van der Waals surface area contributed by atoms with Gasteiger partial charge in [-0.2, -0.15) is 0 Å². The molecular formula is C16H20N4OS. The molecule has 3 fully saturated rings. The Hall–Kier alpha value is -1.66. The van der Waals surface area contributed by atoms with E-state index in [4.69, 9.17) is 0 Å². The molecule has 3 aliphatic rings. The van der Waals surface area contributed by atoms with Gasteiger partial charge in [0, 0.05) is 43.8 Å². The summed E-state index contributed by atoms with van der Waals surface area (Å²) in [5.74, 6) is 0.728. The van der Waals surface area contributed by atoms with Crippen molar-refractivity contribution in [3.05, 3.63) is 40.6 Å². The number of hydrogen-bond acceptors (Lipinski definition) is 4. The van der Waals surface area contributed by atoms with Crippen LogP contribution in [0.4, 0.5) is 0 Å². The minimum Gasteiger partial charge on any atom is -0.357 e. The highest BCUT2D eigenvalue weighted by Crippen LogP contribution is 2.29. The summed E-state index contributed by atoms with van der Waals surface area (Å²) in [6.07, 6.45) is 4.16. The van der Waals surface area contributed by atoms with E-state index < -0.39 is 0 Å². The number of H-pyrrole nitrogens is 1. The van der Waals surface area contributed by atoms with E-state index >= 15 is 0 Å². The van der Waals surface area contributed by atoms with Crippen molar-refractivity contribution in [1.82, 2.24) is 19.8 Å². The molecule has 5 heterocycles. The van der Waals surface area contributed by atoms with E-state index in [1.165, 1.54) is 6.42 Å². The Balaban J connectivity index is 1.50. The van der Waals surface area contributed by atoms with Crippen LogP contribution in [-0.2, 0) is 6.54 Å². The quantitative estimate of drug-likeness (QED) is 0.944. The predicted octanol–water partition coefficient (Wildman–Crippen LogP) is 2.21. The highest BCUT2D eigenvalue weighted by molar-refractivity contribution is 7.07. The van der Waals surface area contributed by atoms with Crippen molar-refractivity contribution in [3.63, 3.8) is 0 Å². The molecule has 3 aliphatic heterocycles. The van der Waals surface area contributed by atoms with Crippen molar-refractivity contribution in [2.75, 3.05) is 19.6 Å². The monoisotopic (exact) mass is 316 g/mol. The lowest BCUT2D eigenvalue weighted by Gasteiger charge is -2.36. The van der Waals surface area contributed by atoms with E-state index in [9.17, 15) is 4.79 Å². The van der Waals surface area contributed by atoms with Crippen LogP contribution in [-0.4, -0.2) is 51.4 Å². The number of carbonyl (C=O) groups excluding carboxylic acids is 1. The van der Waals surface area contributed by atoms with Crippen molar-refractivity contribution in [1.29, 1.82) is 0 Å². The summed E-state index contributed by atoms with van der Waals surface area (Å²) in [7, 11) is 0. The van der Waals surface area contributed by atoms with Crippen LogP contribution in [0.25, 0.3) is 0 Å². The third-order valence-electron chi connectivity index (χ3n) is 4.75. The maximum Gasteiger partial charge on any atom is 0.270 e. The summed E-state index contributed by atoms with van der Waals surface area (Å²) in [5.41, 5.74) is 3.75. The second kappa shape index (κ2) is 5.85. The van der Waals surface area contributed by atoms with Crippen LogP contribution >= 0.6 is 11.3 Å².